The molecule has 7 nitrogen and oxygen atoms in total. The zero-order valence-corrected chi connectivity index (χ0v) is 21.1. The fraction of sp³-hybridized carbons (Fsp3) is 0.381. The SMILES string of the molecule is CC1(Oc2cc(C(N)=O)ncn2)C[C-](C(=O)N2CCCC2c2cc(F)cc(F)c2)C1.[U]. The Bertz CT molecular complexity index is 980. The van der Waals surface area contributed by atoms with Crippen molar-refractivity contribution in [2.24, 2.45) is 5.73 Å². The molecular weight excluding hydrogens is 632 g/mol. The van der Waals surface area contributed by atoms with Gasteiger partial charge < -0.3 is 20.2 Å². The van der Waals surface area contributed by atoms with E-state index in [-0.39, 0.29) is 54.6 Å². The second-order valence-corrected chi connectivity index (χ2v) is 7.97. The number of carbonyl (C=O) groups excluding carboxylic acids is 2. The summed E-state index contributed by atoms with van der Waals surface area (Å²) >= 11 is 0. The molecular formula is C21H21F2N4O3U-. The molecule has 2 aliphatic rings. The van der Waals surface area contributed by atoms with Crippen LogP contribution in [0, 0.1) is 48.7 Å². The number of amides is 2. The van der Waals surface area contributed by atoms with Gasteiger partial charge in [0.1, 0.15) is 23.7 Å². The average Bonchev–Trinajstić information content (AvgIpc) is 3.14. The monoisotopic (exact) mass is 653 g/mol. The third kappa shape index (κ3) is 5.01. The molecule has 4 rings (SSSR count). The van der Waals surface area contributed by atoms with Gasteiger partial charge >= 0.3 is 0 Å². The third-order valence-corrected chi connectivity index (χ3v) is 5.51. The van der Waals surface area contributed by atoms with Crippen LogP contribution in [0.4, 0.5) is 8.78 Å². The van der Waals surface area contributed by atoms with E-state index in [2.05, 4.69) is 9.97 Å². The Kier molecular flexibility index (Phi) is 6.92. The van der Waals surface area contributed by atoms with Crippen molar-refractivity contribution in [1.29, 1.82) is 0 Å². The molecule has 2 fully saturated rings. The van der Waals surface area contributed by atoms with E-state index in [0.29, 0.717) is 37.3 Å². The van der Waals surface area contributed by atoms with Crippen LogP contribution < -0.4 is 10.5 Å². The van der Waals surface area contributed by atoms with Gasteiger partial charge in [0.2, 0.25) is 5.88 Å². The summed E-state index contributed by atoms with van der Waals surface area (Å²) in [5, 5.41) is 0. The molecule has 1 aromatic carbocycles. The van der Waals surface area contributed by atoms with Crippen molar-refractivity contribution in [3.8, 4) is 5.88 Å². The van der Waals surface area contributed by atoms with E-state index in [1.807, 2.05) is 6.92 Å². The zero-order chi connectivity index (χ0) is 21.5. The topological polar surface area (TPSA) is 98.4 Å². The number of aromatic nitrogens is 2. The summed E-state index contributed by atoms with van der Waals surface area (Å²) in [4.78, 5) is 33.7. The maximum atomic E-state index is 13.6. The number of hydrogen-bond donors (Lipinski definition) is 1. The van der Waals surface area contributed by atoms with Gasteiger partial charge in [0.15, 0.2) is 0 Å². The fourth-order valence-corrected chi connectivity index (χ4v) is 4.18. The predicted molar refractivity (Wildman–Crippen MR) is 102 cm³/mol. The first-order valence-corrected chi connectivity index (χ1v) is 9.67. The largest absolute Gasteiger partial charge is 0.476 e. The summed E-state index contributed by atoms with van der Waals surface area (Å²) in [5.41, 5.74) is 5.09. The Morgan fingerprint density at radius 1 is 1.19 bits per heavy atom. The van der Waals surface area contributed by atoms with E-state index in [1.165, 1.54) is 24.5 Å². The van der Waals surface area contributed by atoms with Crippen LogP contribution in [-0.2, 0) is 4.79 Å². The number of ether oxygens (including phenoxy) is 1. The van der Waals surface area contributed by atoms with E-state index in [1.54, 1.807) is 4.90 Å². The quantitative estimate of drug-likeness (QED) is 0.501. The van der Waals surface area contributed by atoms with Gasteiger partial charge in [-0.2, -0.15) is 0 Å². The number of halogens is 2. The van der Waals surface area contributed by atoms with Crippen LogP contribution >= 0.6 is 0 Å². The minimum atomic E-state index is -0.683. The van der Waals surface area contributed by atoms with Crippen molar-refractivity contribution >= 4 is 11.8 Å². The number of nitrogens with two attached hydrogens (primary N) is 1. The van der Waals surface area contributed by atoms with Crippen LogP contribution in [0.15, 0.2) is 30.6 Å². The first-order valence-electron chi connectivity index (χ1n) is 9.67. The number of benzene rings is 1. The number of carbonyl (C=O) groups is 2. The Balaban J connectivity index is 0.00000272. The van der Waals surface area contributed by atoms with Crippen molar-refractivity contribution in [3.05, 3.63) is 59.4 Å². The normalized spacial score (nSPS) is 19.4. The number of likely N-dealkylation sites (tertiary alicyclic amines) is 1. The summed E-state index contributed by atoms with van der Waals surface area (Å²) < 4.78 is 33.1. The molecule has 162 valence electrons. The first kappa shape index (κ1) is 23.5. The van der Waals surface area contributed by atoms with Gasteiger partial charge in [-0.3, -0.25) is 10.7 Å². The number of rotatable bonds is 5. The molecule has 0 spiro atoms. The summed E-state index contributed by atoms with van der Waals surface area (Å²) in [5.74, 6) is -1.21. The van der Waals surface area contributed by atoms with Gasteiger partial charge in [-0.25, -0.2) is 18.7 Å². The molecule has 1 unspecified atom stereocenters. The molecule has 1 aliphatic heterocycles. The van der Waals surface area contributed by atoms with Gasteiger partial charge in [0.05, 0.1) is 17.6 Å². The predicted octanol–water partition coefficient (Wildman–Crippen LogP) is 2.72. The second kappa shape index (κ2) is 9.13. The standard InChI is InChI=1S/C21H21F2N4O3.U/c1-21(30-18-8-16(19(24)28)25-11-26-18)9-13(10-21)20(29)27-4-2-3-17(27)12-5-14(22)7-15(23)6-12;/h5-8,11,17H,2-4,9-10H2,1H3,(H2,24,28);/q-1;. The Hall–Kier alpha value is -2.18. The first-order chi connectivity index (χ1) is 14.2. The maximum Gasteiger partial charge on any atom is 0.267 e. The molecule has 1 aliphatic carbocycles. The average molecular weight is 653 g/mol. The Morgan fingerprint density at radius 2 is 1.87 bits per heavy atom. The molecule has 2 N–H and O–H groups in total. The van der Waals surface area contributed by atoms with Crippen LogP contribution in [0.5, 0.6) is 5.88 Å². The number of nitrogens with zero attached hydrogens (tertiary/aromatic N) is 3. The summed E-state index contributed by atoms with van der Waals surface area (Å²) in [6.07, 6.45) is 3.41. The van der Waals surface area contributed by atoms with Crippen molar-refractivity contribution < 1.29 is 54.2 Å². The molecule has 2 aromatic rings. The fourth-order valence-electron chi connectivity index (χ4n) is 4.18. The van der Waals surface area contributed by atoms with E-state index in [0.717, 1.165) is 12.5 Å². The van der Waals surface area contributed by atoms with Crippen LogP contribution in [-0.4, -0.2) is 38.8 Å². The molecule has 1 aromatic heterocycles. The summed E-state index contributed by atoms with van der Waals surface area (Å²) in [6, 6.07) is 4.41. The van der Waals surface area contributed by atoms with Gasteiger partial charge in [-0.1, -0.05) is 0 Å². The van der Waals surface area contributed by atoms with Gasteiger partial charge in [0.25, 0.3) is 5.91 Å². The molecule has 0 bridgehead atoms. The summed E-state index contributed by atoms with van der Waals surface area (Å²) in [7, 11) is 0. The molecule has 10 heteroatoms. The van der Waals surface area contributed by atoms with E-state index < -0.39 is 23.1 Å². The van der Waals surface area contributed by atoms with Crippen molar-refractivity contribution in [1.82, 2.24) is 14.9 Å². The maximum absolute atomic E-state index is 13.6. The van der Waals surface area contributed by atoms with Crippen LogP contribution in [0.2, 0.25) is 0 Å². The van der Waals surface area contributed by atoms with Crippen LogP contribution in [0.1, 0.15) is 54.7 Å². The smallest absolute Gasteiger partial charge is 0.267 e. The van der Waals surface area contributed by atoms with Crippen molar-refractivity contribution in [3.63, 3.8) is 0 Å². The van der Waals surface area contributed by atoms with Gasteiger partial charge in [-0.05, 0) is 37.5 Å². The van der Waals surface area contributed by atoms with Crippen molar-refractivity contribution in [2.45, 2.75) is 44.2 Å². The Labute approximate surface area is 202 Å². The van der Waals surface area contributed by atoms with E-state index >= 15 is 0 Å². The minimum Gasteiger partial charge on any atom is -0.476 e. The molecule has 2 heterocycles. The van der Waals surface area contributed by atoms with E-state index in [9.17, 15) is 18.4 Å². The molecule has 1 saturated heterocycles. The Morgan fingerprint density at radius 3 is 2.52 bits per heavy atom. The second-order valence-electron chi connectivity index (χ2n) is 7.97. The van der Waals surface area contributed by atoms with Crippen molar-refractivity contribution in [2.75, 3.05) is 6.54 Å². The number of hydrogen-bond acceptors (Lipinski definition) is 5. The molecule has 31 heavy (non-hydrogen) atoms. The third-order valence-electron chi connectivity index (χ3n) is 5.51. The van der Waals surface area contributed by atoms with Gasteiger partial charge in [-0.15, -0.1) is 12.8 Å². The van der Waals surface area contributed by atoms with Crippen LogP contribution in [0.25, 0.3) is 0 Å². The zero-order valence-electron chi connectivity index (χ0n) is 16.9. The van der Waals surface area contributed by atoms with Gasteiger partial charge in [0, 0.05) is 49.8 Å². The molecule has 0 radical (unpaired) electrons. The molecule has 1 saturated carbocycles. The molecule has 2 amide bonds. The summed E-state index contributed by atoms with van der Waals surface area (Å²) in [6.45, 7) is 2.38. The van der Waals surface area contributed by atoms with Crippen LogP contribution in [0.3, 0.4) is 0 Å². The number of primary amides is 1. The molecule has 1 atom stereocenters. The minimum absolute atomic E-state index is 0. The van der Waals surface area contributed by atoms with E-state index in [4.69, 9.17) is 10.5 Å².